The van der Waals surface area contributed by atoms with Crippen LogP contribution in [0.4, 0.5) is 0 Å². The van der Waals surface area contributed by atoms with Crippen molar-refractivity contribution in [3.63, 3.8) is 0 Å². The lowest BCUT2D eigenvalue weighted by atomic mass is 9.49. The zero-order valence-corrected chi connectivity index (χ0v) is 13.3. The third-order valence-electron chi connectivity index (χ3n) is 6.19. The first kappa shape index (κ1) is 13.7. The van der Waals surface area contributed by atoms with Crippen LogP contribution < -0.4 is 5.73 Å². The summed E-state index contributed by atoms with van der Waals surface area (Å²) in [5, 5.41) is 7.68. The van der Waals surface area contributed by atoms with E-state index < -0.39 is 0 Å². The molecule has 0 spiro atoms. The molecule has 3 aliphatic rings. The molecule has 0 saturated heterocycles. The molecule has 2 saturated carbocycles. The van der Waals surface area contributed by atoms with E-state index >= 15 is 0 Å². The molecule has 0 radical (unpaired) electrons. The topological polar surface area (TPSA) is 49.9 Å². The van der Waals surface area contributed by atoms with E-state index in [0.717, 1.165) is 16.7 Å². The van der Waals surface area contributed by atoms with E-state index in [1.807, 2.05) is 0 Å². The number of rotatable bonds is 1. The van der Waals surface area contributed by atoms with Gasteiger partial charge >= 0.3 is 0 Å². The summed E-state index contributed by atoms with van der Waals surface area (Å²) in [5.41, 5.74) is 9.25. The molecule has 4 rings (SSSR count). The molecule has 2 nitrogen and oxygen atoms in total. The number of hydrogen-bond donors (Lipinski definition) is 2. The van der Waals surface area contributed by atoms with Crippen LogP contribution in [0.2, 0.25) is 0 Å². The van der Waals surface area contributed by atoms with E-state index in [4.69, 9.17) is 11.1 Å². The molecule has 0 heterocycles. The van der Waals surface area contributed by atoms with Crippen LogP contribution in [0.3, 0.4) is 0 Å². The van der Waals surface area contributed by atoms with E-state index in [2.05, 4.69) is 18.2 Å². The first-order valence-corrected chi connectivity index (χ1v) is 9.16. The number of nitrogens with one attached hydrogen (secondary N) is 1. The molecule has 0 amide bonds. The Morgan fingerprint density at radius 2 is 2.05 bits per heavy atom. The molecule has 21 heavy (non-hydrogen) atoms. The number of benzene rings is 1. The highest BCUT2D eigenvalue weighted by atomic mass is 32.2. The fourth-order valence-electron chi connectivity index (χ4n) is 5.56. The maximum Gasteiger partial charge on any atom is 0.155 e. The van der Waals surface area contributed by atoms with Crippen LogP contribution in [0, 0.1) is 17.2 Å². The largest absolute Gasteiger partial charge is 0.378 e. The van der Waals surface area contributed by atoms with E-state index in [0.29, 0.717) is 5.41 Å². The summed E-state index contributed by atoms with van der Waals surface area (Å²) in [6.45, 7) is 0. The van der Waals surface area contributed by atoms with Crippen molar-refractivity contribution in [2.45, 2.75) is 61.7 Å². The van der Waals surface area contributed by atoms with E-state index in [9.17, 15) is 0 Å². The third-order valence-corrected chi connectivity index (χ3v) is 6.90. The Labute approximate surface area is 131 Å². The Morgan fingerprint density at radius 1 is 1.19 bits per heavy atom. The van der Waals surface area contributed by atoms with Crippen molar-refractivity contribution in [1.82, 2.24) is 0 Å². The summed E-state index contributed by atoms with van der Waals surface area (Å²) in [6, 6.07) is 6.90. The standard InChI is InChI=1S/C18H24N2S/c19-17(20)21-14-6-7-16-13(11-14)10-12-4-3-9-18(16)8-2-1-5-15(12)18/h6-7,11-12,15H,1-5,8-10H2,(H3,19,20). The minimum Gasteiger partial charge on any atom is -0.378 e. The van der Waals surface area contributed by atoms with Crippen LogP contribution in [0.25, 0.3) is 0 Å². The Morgan fingerprint density at radius 3 is 2.90 bits per heavy atom. The average Bonchev–Trinajstić information content (AvgIpc) is 2.46. The van der Waals surface area contributed by atoms with E-state index in [1.165, 1.54) is 63.1 Å². The molecule has 2 bridgehead atoms. The van der Waals surface area contributed by atoms with Crippen molar-refractivity contribution in [3.8, 4) is 0 Å². The summed E-state index contributed by atoms with van der Waals surface area (Å²) in [6.07, 6.45) is 11.2. The zero-order chi connectivity index (χ0) is 14.4. The SMILES string of the molecule is N=C(N)Sc1ccc2c(c1)CC1CCCC23CCCCC13. The van der Waals surface area contributed by atoms with Crippen LogP contribution in [-0.2, 0) is 11.8 Å². The molecule has 1 aromatic carbocycles. The molecule has 0 aliphatic heterocycles. The highest BCUT2D eigenvalue weighted by molar-refractivity contribution is 8.13. The molecule has 0 aromatic heterocycles. The highest BCUT2D eigenvalue weighted by Crippen LogP contribution is 2.58. The van der Waals surface area contributed by atoms with Gasteiger partial charge in [0.1, 0.15) is 0 Å². The molecule has 1 aromatic rings. The molecule has 3 aliphatic carbocycles. The molecule has 3 atom stereocenters. The summed E-state index contributed by atoms with van der Waals surface area (Å²) < 4.78 is 0. The van der Waals surface area contributed by atoms with Crippen molar-refractivity contribution in [2.75, 3.05) is 0 Å². The van der Waals surface area contributed by atoms with Crippen LogP contribution in [-0.4, -0.2) is 5.17 Å². The maximum atomic E-state index is 7.48. The summed E-state index contributed by atoms with van der Waals surface area (Å²) in [5.74, 6) is 1.85. The molecule has 3 heteroatoms. The number of thioether (sulfide) groups is 1. The van der Waals surface area contributed by atoms with Gasteiger partial charge in [0.15, 0.2) is 5.17 Å². The quantitative estimate of drug-likeness (QED) is 0.457. The number of amidine groups is 1. The lowest BCUT2D eigenvalue weighted by Crippen LogP contribution is -2.49. The minimum absolute atomic E-state index is 0.194. The molecule has 3 N–H and O–H groups in total. The van der Waals surface area contributed by atoms with Gasteiger partial charge in [-0.2, -0.15) is 0 Å². The predicted molar refractivity (Wildman–Crippen MR) is 88.9 cm³/mol. The van der Waals surface area contributed by atoms with Gasteiger partial charge in [-0.05, 0) is 72.6 Å². The van der Waals surface area contributed by atoms with E-state index in [1.54, 1.807) is 11.1 Å². The van der Waals surface area contributed by atoms with E-state index in [-0.39, 0.29) is 5.17 Å². The minimum atomic E-state index is 0.194. The van der Waals surface area contributed by atoms with Gasteiger partial charge in [0.25, 0.3) is 0 Å². The van der Waals surface area contributed by atoms with Gasteiger partial charge in [-0.25, -0.2) is 0 Å². The summed E-state index contributed by atoms with van der Waals surface area (Å²) in [7, 11) is 0. The third kappa shape index (κ3) is 2.12. The first-order valence-electron chi connectivity index (χ1n) is 8.34. The zero-order valence-electron chi connectivity index (χ0n) is 12.5. The van der Waals surface area contributed by atoms with Crippen molar-refractivity contribution in [2.24, 2.45) is 17.6 Å². The summed E-state index contributed by atoms with van der Waals surface area (Å²) >= 11 is 1.39. The van der Waals surface area contributed by atoms with Gasteiger partial charge < -0.3 is 5.73 Å². The highest BCUT2D eigenvalue weighted by Gasteiger charge is 2.51. The lowest BCUT2D eigenvalue weighted by Gasteiger charge is -2.55. The molecule has 112 valence electrons. The second-order valence-corrected chi connectivity index (χ2v) is 8.27. The fourth-order valence-corrected chi connectivity index (χ4v) is 6.15. The van der Waals surface area contributed by atoms with Crippen molar-refractivity contribution < 1.29 is 0 Å². The first-order chi connectivity index (χ1) is 10.2. The fraction of sp³-hybridized carbons (Fsp3) is 0.611. The average molecular weight is 300 g/mol. The number of nitrogens with two attached hydrogens (primary N) is 1. The smallest absolute Gasteiger partial charge is 0.155 e. The Balaban J connectivity index is 1.78. The second-order valence-electron chi connectivity index (χ2n) is 7.15. The molecule has 2 fully saturated rings. The molecular formula is C18H24N2S. The van der Waals surface area contributed by atoms with Crippen LogP contribution in [0.5, 0.6) is 0 Å². The Kier molecular flexibility index (Phi) is 3.29. The van der Waals surface area contributed by atoms with Crippen molar-refractivity contribution in [1.29, 1.82) is 5.41 Å². The maximum absolute atomic E-state index is 7.48. The lowest BCUT2D eigenvalue weighted by molar-refractivity contribution is 0.0522. The van der Waals surface area contributed by atoms with Crippen LogP contribution in [0.15, 0.2) is 23.1 Å². The van der Waals surface area contributed by atoms with Gasteiger partial charge in [0.2, 0.25) is 0 Å². The molecular weight excluding hydrogens is 276 g/mol. The van der Waals surface area contributed by atoms with Crippen molar-refractivity contribution in [3.05, 3.63) is 29.3 Å². The normalized spacial score (nSPS) is 33.9. The Bertz CT molecular complexity index is 579. The van der Waals surface area contributed by atoms with Gasteiger partial charge in [0, 0.05) is 4.90 Å². The summed E-state index contributed by atoms with van der Waals surface area (Å²) in [4.78, 5) is 1.14. The van der Waals surface area contributed by atoms with Crippen LogP contribution >= 0.6 is 11.8 Å². The van der Waals surface area contributed by atoms with Gasteiger partial charge in [0.05, 0.1) is 0 Å². The number of hydrogen-bond acceptors (Lipinski definition) is 2. The van der Waals surface area contributed by atoms with Gasteiger partial charge in [-0.1, -0.05) is 37.1 Å². The monoisotopic (exact) mass is 300 g/mol. The van der Waals surface area contributed by atoms with Gasteiger partial charge in [-0.15, -0.1) is 0 Å². The molecule has 3 unspecified atom stereocenters. The van der Waals surface area contributed by atoms with Gasteiger partial charge in [-0.3, -0.25) is 5.41 Å². The van der Waals surface area contributed by atoms with Crippen molar-refractivity contribution >= 4 is 16.9 Å². The second kappa shape index (κ2) is 5.05. The Hall–Kier alpha value is -0.960. The van der Waals surface area contributed by atoms with Crippen LogP contribution in [0.1, 0.15) is 56.1 Å². The predicted octanol–water partition coefficient (Wildman–Crippen LogP) is 4.46. The number of fused-ring (bicyclic) bond motifs is 1.